The number of hydrogen-bond acceptors (Lipinski definition) is 3. The minimum absolute atomic E-state index is 0.0537. The molecule has 0 saturated heterocycles. The average Bonchev–Trinajstić information content (AvgIpc) is 2.81. The molecule has 5 nitrogen and oxygen atoms in total. The highest BCUT2D eigenvalue weighted by Crippen LogP contribution is 2.26. The Morgan fingerprint density at radius 1 is 1.22 bits per heavy atom. The summed E-state index contributed by atoms with van der Waals surface area (Å²) in [6.45, 7) is 7.67. The minimum atomic E-state index is -0.286. The molecule has 0 aliphatic carbocycles. The highest BCUT2D eigenvalue weighted by molar-refractivity contribution is 6.08. The number of ketones is 1. The Morgan fingerprint density at radius 3 is 2.52 bits per heavy atom. The molecule has 122 valence electrons. The van der Waals surface area contributed by atoms with Gasteiger partial charge in [0.05, 0.1) is 12.3 Å². The molecular formula is C18H22N2O3. The van der Waals surface area contributed by atoms with Crippen LogP contribution in [0, 0.1) is 13.8 Å². The van der Waals surface area contributed by atoms with Crippen LogP contribution in [0.25, 0.3) is 0 Å². The molecule has 0 fully saturated rings. The van der Waals surface area contributed by atoms with Gasteiger partial charge in [-0.3, -0.25) is 9.59 Å². The van der Waals surface area contributed by atoms with Crippen LogP contribution >= 0.6 is 0 Å². The van der Waals surface area contributed by atoms with Crippen LogP contribution in [0.3, 0.4) is 0 Å². The smallest absolute Gasteiger partial charge is 0.272 e. The molecule has 5 heteroatoms. The molecule has 2 aromatic rings. The molecule has 0 aliphatic heterocycles. The van der Waals surface area contributed by atoms with Gasteiger partial charge in [-0.1, -0.05) is 19.1 Å². The summed E-state index contributed by atoms with van der Waals surface area (Å²) in [5.74, 6) is 0.294. The lowest BCUT2D eigenvalue weighted by molar-refractivity contribution is 0.101. The maximum Gasteiger partial charge on any atom is 0.272 e. The summed E-state index contributed by atoms with van der Waals surface area (Å²) in [4.78, 5) is 27.2. The number of carbonyl (C=O) groups is 2. The Bertz CT molecular complexity index is 732. The molecule has 0 atom stereocenters. The molecule has 0 spiro atoms. The van der Waals surface area contributed by atoms with Crippen molar-refractivity contribution in [3.05, 3.63) is 46.8 Å². The van der Waals surface area contributed by atoms with Gasteiger partial charge >= 0.3 is 0 Å². The van der Waals surface area contributed by atoms with Crippen LogP contribution < -0.4 is 10.1 Å². The second-order valence-electron chi connectivity index (χ2n) is 5.48. The first kappa shape index (κ1) is 16.8. The SMILES string of the molecule is CCCOc1ccccc1NC(=O)c1[nH]c(C)c(C(C)=O)c1C. The van der Waals surface area contributed by atoms with E-state index in [2.05, 4.69) is 10.3 Å². The highest BCUT2D eigenvalue weighted by atomic mass is 16.5. The van der Waals surface area contributed by atoms with Gasteiger partial charge in [0.25, 0.3) is 5.91 Å². The Kier molecular flexibility index (Phi) is 5.21. The van der Waals surface area contributed by atoms with Crippen LogP contribution in [-0.2, 0) is 0 Å². The van der Waals surface area contributed by atoms with Gasteiger partial charge < -0.3 is 15.0 Å². The molecule has 0 aliphatic rings. The van der Waals surface area contributed by atoms with Gasteiger partial charge in [-0.15, -0.1) is 0 Å². The lowest BCUT2D eigenvalue weighted by Gasteiger charge is -2.11. The third-order valence-electron chi connectivity index (χ3n) is 3.61. The summed E-state index contributed by atoms with van der Waals surface area (Å²) in [5, 5.41) is 2.85. The number of aromatic amines is 1. The van der Waals surface area contributed by atoms with Crippen LogP contribution in [0.1, 0.15) is 52.4 Å². The van der Waals surface area contributed by atoms with E-state index in [-0.39, 0.29) is 11.7 Å². The monoisotopic (exact) mass is 314 g/mol. The second-order valence-corrected chi connectivity index (χ2v) is 5.48. The third-order valence-corrected chi connectivity index (χ3v) is 3.61. The predicted octanol–water partition coefficient (Wildman–Crippen LogP) is 3.88. The van der Waals surface area contributed by atoms with E-state index < -0.39 is 0 Å². The fourth-order valence-electron chi connectivity index (χ4n) is 2.60. The van der Waals surface area contributed by atoms with Gasteiger partial charge in [0.1, 0.15) is 11.4 Å². The predicted molar refractivity (Wildman–Crippen MR) is 90.5 cm³/mol. The standard InChI is InChI=1S/C18H22N2O3/c1-5-10-23-15-9-7-6-8-14(15)20-18(22)17-11(2)16(13(4)21)12(3)19-17/h6-9,19H,5,10H2,1-4H3,(H,20,22). The summed E-state index contributed by atoms with van der Waals surface area (Å²) in [6, 6.07) is 7.31. The van der Waals surface area contributed by atoms with Crippen LogP contribution in [0.5, 0.6) is 5.75 Å². The zero-order valence-electron chi connectivity index (χ0n) is 13.9. The number of carbonyl (C=O) groups excluding carboxylic acids is 2. The number of anilines is 1. The number of hydrogen-bond donors (Lipinski definition) is 2. The number of aromatic nitrogens is 1. The number of ether oxygens (including phenoxy) is 1. The van der Waals surface area contributed by atoms with Gasteiger partial charge in [0.2, 0.25) is 0 Å². The van der Waals surface area contributed by atoms with Crippen LogP contribution in [0.4, 0.5) is 5.69 Å². The summed E-state index contributed by atoms with van der Waals surface area (Å²) in [7, 11) is 0. The fraction of sp³-hybridized carbons (Fsp3) is 0.333. The van der Waals surface area contributed by atoms with E-state index in [4.69, 9.17) is 4.74 Å². The van der Waals surface area contributed by atoms with Crippen molar-refractivity contribution in [2.45, 2.75) is 34.1 Å². The van der Waals surface area contributed by atoms with Crippen LogP contribution in [0.2, 0.25) is 0 Å². The van der Waals surface area contributed by atoms with Crippen molar-refractivity contribution < 1.29 is 14.3 Å². The van der Waals surface area contributed by atoms with E-state index in [9.17, 15) is 9.59 Å². The zero-order valence-corrected chi connectivity index (χ0v) is 13.9. The number of nitrogens with one attached hydrogen (secondary N) is 2. The number of benzene rings is 1. The number of H-pyrrole nitrogens is 1. The lowest BCUT2D eigenvalue weighted by atomic mass is 10.1. The Labute approximate surface area is 136 Å². The molecule has 0 bridgehead atoms. The Morgan fingerprint density at radius 2 is 1.91 bits per heavy atom. The van der Waals surface area contributed by atoms with E-state index in [0.717, 1.165) is 6.42 Å². The Hall–Kier alpha value is -2.56. The Balaban J connectivity index is 2.27. The van der Waals surface area contributed by atoms with Crippen molar-refractivity contribution in [2.75, 3.05) is 11.9 Å². The van der Waals surface area contributed by atoms with Gasteiger partial charge in [-0.25, -0.2) is 0 Å². The van der Waals surface area contributed by atoms with Crippen molar-refractivity contribution in [1.82, 2.24) is 4.98 Å². The normalized spacial score (nSPS) is 10.4. The molecule has 0 unspecified atom stereocenters. The summed E-state index contributed by atoms with van der Waals surface area (Å²) >= 11 is 0. The molecule has 23 heavy (non-hydrogen) atoms. The van der Waals surface area contributed by atoms with Crippen molar-refractivity contribution >= 4 is 17.4 Å². The largest absolute Gasteiger partial charge is 0.491 e. The maximum absolute atomic E-state index is 12.5. The van der Waals surface area contributed by atoms with Crippen LogP contribution in [-0.4, -0.2) is 23.3 Å². The highest BCUT2D eigenvalue weighted by Gasteiger charge is 2.20. The van der Waals surface area contributed by atoms with Crippen molar-refractivity contribution in [2.24, 2.45) is 0 Å². The van der Waals surface area contributed by atoms with E-state index >= 15 is 0 Å². The van der Waals surface area contributed by atoms with E-state index in [0.29, 0.717) is 40.6 Å². The number of aryl methyl sites for hydroxylation is 1. The topological polar surface area (TPSA) is 71.2 Å². The third kappa shape index (κ3) is 3.62. The van der Waals surface area contributed by atoms with Gasteiger partial charge in [-0.05, 0) is 44.9 Å². The van der Waals surface area contributed by atoms with E-state index in [1.165, 1.54) is 6.92 Å². The van der Waals surface area contributed by atoms with Crippen LogP contribution in [0.15, 0.2) is 24.3 Å². The zero-order chi connectivity index (χ0) is 17.0. The lowest BCUT2D eigenvalue weighted by Crippen LogP contribution is -2.15. The number of Topliss-reactive ketones (excluding diaryl/α,β-unsaturated/α-hetero) is 1. The van der Waals surface area contributed by atoms with E-state index in [1.54, 1.807) is 19.9 Å². The number of amides is 1. The molecule has 1 heterocycles. The summed E-state index contributed by atoms with van der Waals surface area (Å²) < 4.78 is 5.64. The number of para-hydroxylation sites is 2. The molecule has 1 aromatic heterocycles. The minimum Gasteiger partial charge on any atom is -0.491 e. The molecule has 1 amide bonds. The molecule has 0 saturated carbocycles. The first-order valence-corrected chi connectivity index (χ1v) is 7.69. The van der Waals surface area contributed by atoms with Crippen molar-refractivity contribution in [3.63, 3.8) is 0 Å². The summed E-state index contributed by atoms with van der Waals surface area (Å²) in [5.41, 5.74) is 2.96. The van der Waals surface area contributed by atoms with Gasteiger partial charge in [-0.2, -0.15) is 0 Å². The molecule has 2 rings (SSSR count). The van der Waals surface area contributed by atoms with Crippen molar-refractivity contribution in [1.29, 1.82) is 0 Å². The molecular weight excluding hydrogens is 292 g/mol. The quantitative estimate of drug-likeness (QED) is 0.795. The fourth-order valence-corrected chi connectivity index (χ4v) is 2.60. The number of rotatable bonds is 6. The van der Waals surface area contributed by atoms with Crippen molar-refractivity contribution in [3.8, 4) is 5.75 Å². The molecule has 1 aromatic carbocycles. The van der Waals surface area contributed by atoms with Gasteiger partial charge in [0, 0.05) is 11.3 Å². The average molecular weight is 314 g/mol. The first-order chi connectivity index (χ1) is 11.0. The maximum atomic E-state index is 12.5. The first-order valence-electron chi connectivity index (χ1n) is 7.69. The second kappa shape index (κ2) is 7.13. The summed E-state index contributed by atoms with van der Waals surface area (Å²) in [6.07, 6.45) is 0.888. The van der Waals surface area contributed by atoms with Gasteiger partial charge in [0.15, 0.2) is 5.78 Å². The van der Waals surface area contributed by atoms with E-state index in [1.807, 2.05) is 25.1 Å². The molecule has 2 N–H and O–H groups in total. The molecule has 0 radical (unpaired) electrons.